The van der Waals surface area contributed by atoms with Gasteiger partial charge in [0, 0.05) is 12.1 Å². The number of aliphatic carboxylic acids is 1. The number of methoxy groups -OCH3 is 1. The second-order valence-corrected chi connectivity index (χ2v) is 4.93. The number of amides is 1. The molecular weight excluding hydrogens is 246 g/mol. The van der Waals surface area contributed by atoms with Crippen molar-refractivity contribution in [2.24, 2.45) is 5.41 Å². The van der Waals surface area contributed by atoms with E-state index in [1.54, 1.807) is 7.11 Å². The van der Waals surface area contributed by atoms with Crippen molar-refractivity contribution in [2.45, 2.75) is 27.3 Å². The smallest absolute Gasteiger partial charge is 0.318 e. The quantitative estimate of drug-likeness (QED) is 0.795. The highest BCUT2D eigenvalue weighted by Crippen LogP contribution is 2.20. The number of carbonyl (C=O) groups excluding carboxylic acids is 1. The zero-order valence-electron chi connectivity index (χ0n) is 11.6. The molecule has 0 aliphatic carbocycles. The number of hydrogen-bond acceptors (Lipinski definition) is 3. The average molecular weight is 265 g/mol. The van der Waals surface area contributed by atoms with E-state index in [1.807, 2.05) is 25.1 Å². The van der Waals surface area contributed by atoms with Gasteiger partial charge in [0.2, 0.25) is 5.91 Å². The first-order chi connectivity index (χ1) is 8.78. The van der Waals surface area contributed by atoms with Gasteiger partial charge in [-0.25, -0.2) is 0 Å². The Bertz CT molecular complexity index is 494. The summed E-state index contributed by atoms with van der Waals surface area (Å²) in [5.74, 6) is -1.01. The Morgan fingerprint density at radius 1 is 1.37 bits per heavy atom. The van der Waals surface area contributed by atoms with Crippen LogP contribution in [0.2, 0.25) is 0 Å². The molecule has 104 valence electrons. The molecule has 0 bridgehead atoms. The molecule has 19 heavy (non-hydrogen) atoms. The van der Waals surface area contributed by atoms with E-state index in [4.69, 9.17) is 9.84 Å². The first-order valence-electron chi connectivity index (χ1n) is 5.94. The molecule has 0 saturated heterocycles. The van der Waals surface area contributed by atoms with Crippen LogP contribution in [0.3, 0.4) is 0 Å². The minimum Gasteiger partial charge on any atom is -0.496 e. The number of carboxylic acid groups (broad SMARTS) is 1. The van der Waals surface area contributed by atoms with Crippen LogP contribution in [0.15, 0.2) is 18.2 Å². The van der Waals surface area contributed by atoms with Crippen LogP contribution in [-0.2, 0) is 16.1 Å². The van der Waals surface area contributed by atoms with Crippen molar-refractivity contribution in [3.8, 4) is 5.75 Å². The minimum atomic E-state index is -1.45. The van der Waals surface area contributed by atoms with Crippen molar-refractivity contribution in [1.82, 2.24) is 5.32 Å². The van der Waals surface area contributed by atoms with Gasteiger partial charge in [-0.3, -0.25) is 9.59 Å². The standard InChI is InChI=1S/C14H19NO4/c1-9-5-6-11(19-4)10(7-9)8-15-12(16)14(2,3)13(17)18/h5-7H,8H2,1-4H3,(H,15,16)(H,17,18). The SMILES string of the molecule is COc1ccc(C)cc1CNC(=O)C(C)(C)C(=O)O. The van der Waals surface area contributed by atoms with Gasteiger partial charge in [0.15, 0.2) is 0 Å². The topological polar surface area (TPSA) is 75.6 Å². The van der Waals surface area contributed by atoms with Crippen molar-refractivity contribution in [2.75, 3.05) is 7.11 Å². The number of aryl methyl sites for hydroxylation is 1. The predicted octanol–water partition coefficient (Wildman–Crippen LogP) is 1.73. The third-order valence-corrected chi connectivity index (χ3v) is 2.98. The van der Waals surface area contributed by atoms with Gasteiger partial charge in [0.25, 0.3) is 0 Å². The highest BCUT2D eigenvalue weighted by molar-refractivity contribution is 6.00. The first kappa shape index (κ1) is 15.0. The summed E-state index contributed by atoms with van der Waals surface area (Å²) in [4.78, 5) is 22.8. The molecule has 0 spiro atoms. The summed E-state index contributed by atoms with van der Waals surface area (Å²) in [5.41, 5.74) is 0.413. The van der Waals surface area contributed by atoms with E-state index in [2.05, 4.69) is 5.32 Å². The lowest BCUT2D eigenvalue weighted by atomic mass is 9.92. The third-order valence-electron chi connectivity index (χ3n) is 2.98. The van der Waals surface area contributed by atoms with Crippen LogP contribution in [0, 0.1) is 12.3 Å². The first-order valence-corrected chi connectivity index (χ1v) is 5.94. The van der Waals surface area contributed by atoms with Crippen molar-refractivity contribution < 1.29 is 19.4 Å². The van der Waals surface area contributed by atoms with Crippen molar-refractivity contribution in [3.63, 3.8) is 0 Å². The fourth-order valence-corrected chi connectivity index (χ4v) is 1.54. The van der Waals surface area contributed by atoms with Gasteiger partial charge in [-0.05, 0) is 26.8 Å². The third kappa shape index (κ3) is 3.47. The maximum Gasteiger partial charge on any atom is 0.318 e. The molecule has 0 unspecified atom stereocenters. The Hall–Kier alpha value is -2.04. The number of carbonyl (C=O) groups is 2. The van der Waals surface area contributed by atoms with E-state index in [1.165, 1.54) is 13.8 Å². The Morgan fingerprint density at radius 3 is 2.53 bits per heavy atom. The molecule has 0 aliphatic rings. The average Bonchev–Trinajstić information content (AvgIpc) is 2.35. The van der Waals surface area contributed by atoms with Gasteiger partial charge in [-0.15, -0.1) is 0 Å². The Kier molecular flexibility index (Phi) is 4.53. The molecule has 5 nitrogen and oxygen atoms in total. The van der Waals surface area contributed by atoms with E-state index >= 15 is 0 Å². The van der Waals surface area contributed by atoms with Crippen LogP contribution in [0.1, 0.15) is 25.0 Å². The summed E-state index contributed by atoms with van der Waals surface area (Å²) < 4.78 is 5.20. The summed E-state index contributed by atoms with van der Waals surface area (Å²) in [7, 11) is 1.55. The highest BCUT2D eigenvalue weighted by Gasteiger charge is 2.35. The van der Waals surface area contributed by atoms with E-state index in [0.717, 1.165) is 11.1 Å². The fourth-order valence-electron chi connectivity index (χ4n) is 1.54. The number of nitrogens with one attached hydrogen (secondary N) is 1. The van der Waals surface area contributed by atoms with Crippen molar-refractivity contribution >= 4 is 11.9 Å². The Balaban J connectivity index is 2.80. The summed E-state index contributed by atoms with van der Waals surface area (Å²) >= 11 is 0. The molecule has 2 N–H and O–H groups in total. The number of ether oxygens (including phenoxy) is 1. The maximum atomic E-state index is 11.8. The zero-order valence-corrected chi connectivity index (χ0v) is 11.6. The van der Waals surface area contributed by atoms with Crippen LogP contribution in [0.4, 0.5) is 0 Å². The Labute approximate surface area is 112 Å². The maximum absolute atomic E-state index is 11.8. The van der Waals surface area contributed by atoms with Crippen molar-refractivity contribution in [1.29, 1.82) is 0 Å². The van der Waals surface area contributed by atoms with Crippen LogP contribution in [0.5, 0.6) is 5.75 Å². The molecule has 1 aromatic rings. The van der Waals surface area contributed by atoms with Crippen LogP contribution in [0.25, 0.3) is 0 Å². The summed E-state index contributed by atoms with van der Waals surface area (Å²) in [5, 5.41) is 11.6. The van der Waals surface area contributed by atoms with E-state index in [9.17, 15) is 9.59 Å². The number of carboxylic acids is 1. The molecule has 1 amide bonds. The van der Waals surface area contributed by atoms with E-state index in [0.29, 0.717) is 5.75 Å². The monoisotopic (exact) mass is 265 g/mol. The predicted molar refractivity (Wildman–Crippen MR) is 71.0 cm³/mol. The second-order valence-electron chi connectivity index (χ2n) is 4.93. The summed E-state index contributed by atoms with van der Waals surface area (Å²) in [6.07, 6.45) is 0. The number of rotatable bonds is 5. The van der Waals surface area contributed by atoms with Gasteiger partial charge in [-0.1, -0.05) is 17.7 Å². The lowest BCUT2D eigenvalue weighted by Gasteiger charge is -2.19. The molecule has 0 radical (unpaired) electrons. The van der Waals surface area contributed by atoms with Gasteiger partial charge in [0.1, 0.15) is 11.2 Å². The largest absolute Gasteiger partial charge is 0.496 e. The zero-order chi connectivity index (χ0) is 14.6. The molecule has 1 rings (SSSR count). The Morgan fingerprint density at radius 2 is 2.00 bits per heavy atom. The number of hydrogen-bond donors (Lipinski definition) is 2. The van der Waals surface area contributed by atoms with Gasteiger partial charge >= 0.3 is 5.97 Å². The van der Waals surface area contributed by atoms with E-state index < -0.39 is 17.3 Å². The number of benzene rings is 1. The van der Waals surface area contributed by atoms with Gasteiger partial charge in [0.05, 0.1) is 7.11 Å². The molecule has 0 atom stereocenters. The molecule has 5 heteroatoms. The fraction of sp³-hybridized carbons (Fsp3) is 0.429. The normalized spacial score (nSPS) is 10.9. The summed E-state index contributed by atoms with van der Waals surface area (Å²) in [6, 6.07) is 5.62. The van der Waals surface area contributed by atoms with Gasteiger partial charge < -0.3 is 15.2 Å². The molecular formula is C14H19NO4. The molecule has 0 fully saturated rings. The van der Waals surface area contributed by atoms with Crippen LogP contribution in [-0.4, -0.2) is 24.1 Å². The summed E-state index contributed by atoms with van der Waals surface area (Å²) in [6.45, 7) is 4.92. The van der Waals surface area contributed by atoms with E-state index in [-0.39, 0.29) is 6.54 Å². The van der Waals surface area contributed by atoms with Crippen LogP contribution >= 0.6 is 0 Å². The molecule has 0 heterocycles. The molecule has 1 aromatic carbocycles. The minimum absolute atomic E-state index is 0.237. The van der Waals surface area contributed by atoms with Crippen molar-refractivity contribution in [3.05, 3.63) is 29.3 Å². The molecule has 0 saturated carbocycles. The second kappa shape index (κ2) is 5.73. The lowest BCUT2D eigenvalue weighted by Crippen LogP contribution is -2.42. The van der Waals surface area contributed by atoms with Crippen LogP contribution < -0.4 is 10.1 Å². The molecule has 0 aliphatic heterocycles. The molecule has 0 aromatic heterocycles. The van der Waals surface area contributed by atoms with Gasteiger partial charge in [-0.2, -0.15) is 0 Å². The highest BCUT2D eigenvalue weighted by atomic mass is 16.5. The lowest BCUT2D eigenvalue weighted by molar-refractivity contribution is -0.153.